The van der Waals surface area contributed by atoms with Crippen LogP contribution in [0.15, 0.2) is 72.8 Å². The van der Waals surface area contributed by atoms with Gasteiger partial charge in [-0.15, -0.1) is 6.42 Å². The third-order valence-corrected chi connectivity index (χ3v) is 4.65. The van der Waals surface area contributed by atoms with Crippen LogP contribution in [-0.2, 0) is 11.2 Å². The van der Waals surface area contributed by atoms with Crippen molar-refractivity contribution in [1.29, 1.82) is 0 Å². The quantitative estimate of drug-likeness (QED) is 0.405. The van der Waals surface area contributed by atoms with E-state index in [0.29, 0.717) is 17.3 Å². The van der Waals surface area contributed by atoms with E-state index in [4.69, 9.17) is 11.4 Å². The first-order valence-corrected chi connectivity index (χ1v) is 9.81. The molecule has 31 heavy (non-hydrogen) atoms. The lowest BCUT2D eigenvalue weighted by molar-refractivity contribution is -0.111. The summed E-state index contributed by atoms with van der Waals surface area (Å²) in [6.07, 6.45) is 5.93. The monoisotopic (exact) mass is 407 g/mol. The third kappa shape index (κ3) is 5.17. The van der Waals surface area contributed by atoms with Crippen LogP contribution in [0.1, 0.15) is 16.8 Å². The highest BCUT2D eigenvalue weighted by atomic mass is 16.1. The molecule has 0 saturated heterocycles. The van der Waals surface area contributed by atoms with Gasteiger partial charge in [-0.25, -0.2) is 4.98 Å². The fourth-order valence-electron chi connectivity index (χ4n) is 3.27. The van der Waals surface area contributed by atoms with Crippen molar-refractivity contribution in [3.05, 3.63) is 89.6 Å². The van der Waals surface area contributed by atoms with Crippen molar-refractivity contribution < 1.29 is 4.79 Å². The molecule has 4 aromatic rings. The van der Waals surface area contributed by atoms with Gasteiger partial charge in [0.05, 0.1) is 5.69 Å². The number of carbonyl (C=O) groups excluding carboxylic acids is 1. The highest BCUT2D eigenvalue weighted by molar-refractivity contribution is 6.03. The van der Waals surface area contributed by atoms with E-state index in [1.54, 1.807) is 6.07 Å². The molecule has 0 aliphatic carbocycles. The second kappa shape index (κ2) is 8.97. The number of pyridine rings is 1. The molecule has 0 aliphatic heterocycles. The molecule has 0 bridgehead atoms. The number of anilines is 3. The molecule has 0 radical (unpaired) electrons. The van der Waals surface area contributed by atoms with E-state index in [-0.39, 0.29) is 0 Å². The van der Waals surface area contributed by atoms with Gasteiger partial charge in [-0.2, -0.15) is 5.10 Å². The molecule has 0 spiro atoms. The number of hydrogen-bond donors (Lipinski definition) is 3. The molecule has 6 nitrogen and oxygen atoms in total. The molecule has 0 unspecified atom stereocenters. The molecule has 3 N–H and O–H groups in total. The van der Waals surface area contributed by atoms with Crippen molar-refractivity contribution in [2.45, 2.75) is 13.3 Å². The van der Waals surface area contributed by atoms with Gasteiger partial charge in [-0.1, -0.05) is 42.5 Å². The molecule has 2 heterocycles. The lowest BCUT2D eigenvalue weighted by Crippen LogP contribution is -2.07. The molecule has 0 fully saturated rings. The molecule has 0 saturated carbocycles. The first-order chi connectivity index (χ1) is 15.1. The van der Waals surface area contributed by atoms with Crippen LogP contribution in [-0.4, -0.2) is 21.1 Å². The summed E-state index contributed by atoms with van der Waals surface area (Å²) in [5.74, 6) is 2.96. The number of carbonyl (C=O) groups is 1. The number of nitrogens with zero attached hydrogens (tertiary/aromatic N) is 2. The SMILES string of the molecule is C#CC(=O)Nc1cccc(-c2cc(Cc3ccccc3)cc(Nc3cc(C)[nH]n3)n2)c1. The van der Waals surface area contributed by atoms with Gasteiger partial charge in [0.25, 0.3) is 5.91 Å². The van der Waals surface area contributed by atoms with Crippen molar-refractivity contribution >= 4 is 23.2 Å². The highest BCUT2D eigenvalue weighted by Gasteiger charge is 2.09. The molecule has 2 aromatic heterocycles. The predicted molar refractivity (Wildman–Crippen MR) is 123 cm³/mol. The van der Waals surface area contributed by atoms with Gasteiger partial charge in [0.1, 0.15) is 5.82 Å². The zero-order valence-corrected chi connectivity index (χ0v) is 17.0. The Labute approximate surface area is 180 Å². The number of aromatic nitrogens is 3. The summed E-state index contributed by atoms with van der Waals surface area (Å²) in [5.41, 5.74) is 5.53. The Morgan fingerprint density at radius 3 is 2.58 bits per heavy atom. The van der Waals surface area contributed by atoms with Gasteiger partial charge in [-0.05, 0) is 54.7 Å². The molecule has 2 aromatic carbocycles. The van der Waals surface area contributed by atoms with Gasteiger partial charge in [-0.3, -0.25) is 9.89 Å². The summed E-state index contributed by atoms with van der Waals surface area (Å²) in [7, 11) is 0. The number of amides is 1. The molecule has 152 valence electrons. The maximum absolute atomic E-state index is 11.6. The topological polar surface area (TPSA) is 82.7 Å². The average Bonchev–Trinajstić information content (AvgIpc) is 3.19. The standard InChI is InChI=1S/C25H21N5O/c1-3-25(31)26-21-11-7-10-20(16-21)22-14-19(13-18-8-5-4-6-9-18)15-23(27-22)28-24-12-17(2)29-30-24/h1,4-12,14-16H,13H2,2H3,(H,26,31)(H2,27,28,29,30). The Bertz CT molecular complexity index is 1250. The Hall–Kier alpha value is -4.37. The summed E-state index contributed by atoms with van der Waals surface area (Å²) >= 11 is 0. The number of rotatable bonds is 6. The molecule has 1 amide bonds. The average molecular weight is 407 g/mol. The number of benzene rings is 2. The van der Waals surface area contributed by atoms with E-state index >= 15 is 0 Å². The van der Waals surface area contributed by atoms with Gasteiger partial charge in [0.15, 0.2) is 5.82 Å². The zero-order chi connectivity index (χ0) is 21.6. The number of aryl methyl sites for hydroxylation is 1. The normalized spacial score (nSPS) is 10.3. The molecular formula is C25H21N5O. The van der Waals surface area contributed by atoms with Crippen LogP contribution in [0.3, 0.4) is 0 Å². The second-order valence-electron chi connectivity index (χ2n) is 7.15. The molecular weight excluding hydrogens is 386 g/mol. The van der Waals surface area contributed by atoms with E-state index in [1.165, 1.54) is 5.56 Å². The third-order valence-electron chi connectivity index (χ3n) is 4.65. The van der Waals surface area contributed by atoms with Crippen LogP contribution in [0.25, 0.3) is 11.3 Å². The first-order valence-electron chi connectivity index (χ1n) is 9.81. The lowest BCUT2D eigenvalue weighted by atomic mass is 10.0. The van der Waals surface area contributed by atoms with Crippen molar-refractivity contribution in [3.63, 3.8) is 0 Å². The Kier molecular flexibility index (Phi) is 5.77. The van der Waals surface area contributed by atoms with E-state index in [2.05, 4.69) is 45.0 Å². The van der Waals surface area contributed by atoms with Crippen LogP contribution in [0.2, 0.25) is 0 Å². The number of terminal acetylenes is 1. The summed E-state index contributed by atoms with van der Waals surface area (Å²) in [4.78, 5) is 16.3. The molecule has 0 aliphatic rings. The van der Waals surface area contributed by atoms with Crippen LogP contribution in [0, 0.1) is 19.3 Å². The summed E-state index contributed by atoms with van der Waals surface area (Å²) < 4.78 is 0. The minimum atomic E-state index is -0.487. The number of hydrogen-bond acceptors (Lipinski definition) is 4. The smallest absolute Gasteiger partial charge is 0.300 e. The largest absolute Gasteiger partial charge is 0.323 e. The zero-order valence-electron chi connectivity index (χ0n) is 17.0. The summed E-state index contributed by atoms with van der Waals surface area (Å²) in [6.45, 7) is 1.94. The van der Waals surface area contributed by atoms with Gasteiger partial charge < -0.3 is 10.6 Å². The van der Waals surface area contributed by atoms with Crippen LogP contribution < -0.4 is 10.6 Å². The molecule has 4 rings (SSSR count). The van der Waals surface area contributed by atoms with Crippen molar-refractivity contribution in [2.24, 2.45) is 0 Å². The van der Waals surface area contributed by atoms with Crippen LogP contribution in [0.5, 0.6) is 0 Å². The maximum Gasteiger partial charge on any atom is 0.300 e. The van der Waals surface area contributed by atoms with E-state index in [9.17, 15) is 4.79 Å². The Morgan fingerprint density at radius 1 is 1.00 bits per heavy atom. The van der Waals surface area contributed by atoms with Gasteiger partial charge in [0, 0.05) is 23.0 Å². The van der Waals surface area contributed by atoms with Gasteiger partial charge in [0.2, 0.25) is 0 Å². The fraction of sp³-hybridized carbons (Fsp3) is 0.0800. The minimum Gasteiger partial charge on any atom is -0.323 e. The van der Waals surface area contributed by atoms with Crippen molar-refractivity contribution in [3.8, 4) is 23.6 Å². The van der Waals surface area contributed by atoms with Crippen molar-refractivity contribution in [1.82, 2.24) is 15.2 Å². The summed E-state index contributed by atoms with van der Waals surface area (Å²) in [5, 5.41) is 13.1. The summed E-state index contributed by atoms with van der Waals surface area (Å²) in [6, 6.07) is 23.7. The van der Waals surface area contributed by atoms with Crippen LogP contribution >= 0.6 is 0 Å². The van der Waals surface area contributed by atoms with Gasteiger partial charge >= 0.3 is 0 Å². The first kappa shape index (κ1) is 19.9. The molecule has 0 atom stereocenters. The van der Waals surface area contributed by atoms with Crippen molar-refractivity contribution in [2.75, 3.05) is 10.6 Å². The number of aromatic amines is 1. The van der Waals surface area contributed by atoms with E-state index < -0.39 is 5.91 Å². The maximum atomic E-state index is 11.6. The van der Waals surface area contributed by atoms with Crippen LogP contribution in [0.4, 0.5) is 17.3 Å². The Morgan fingerprint density at radius 2 is 1.84 bits per heavy atom. The van der Waals surface area contributed by atoms with E-state index in [0.717, 1.165) is 28.9 Å². The predicted octanol–water partition coefficient (Wildman–Crippen LogP) is 4.69. The number of H-pyrrole nitrogens is 1. The second-order valence-corrected chi connectivity index (χ2v) is 7.15. The van der Waals surface area contributed by atoms with E-state index in [1.807, 2.05) is 55.5 Å². The minimum absolute atomic E-state index is 0.487. The highest BCUT2D eigenvalue weighted by Crippen LogP contribution is 2.26. The molecule has 6 heteroatoms. The lowest BCUT2D eigenvalue weighted by Gasteiger charge is -2.11. The number of nitrogens with one attached hydrogen (secondary N) is 3. The fourth-order valence-corrected chi connectivity index (χ4v) is 3.27. The Balaban J connectivity index is 1.71.